The Labute approximate surface area is 174 Å². The predicted molar refractivity (Wildman–Crippen MR) is 0 cm³/mol. The van der Waals surface area contributed by atoms with Gasteiger partial charge in [0, 0.05) is 179 Å². The average Bonchev–Trinajstić information content (AvgIpc) is 0. The van der Waals surface area contributed by atoms with Crippen LogP contribution in [0.1, 0.15) is 0 Å². The third-order valence-corrected chi connectivity index (χ3v) is 0. The van der Waals surface area contributed by atoms with Crippen LogP contribution in [-0.2, 0) is 179 Å². The Morgan fingerprint density at radius 3 is 0.125 bits per heavy atom. The molecule has 0 rings (SSSR count). The molecule has 0 aliphatic carbocycles. The van der Waals surface area contributed by atoms with E-state index in [4.69, 9.17) is 0 Å². The summed E-state index contributed by atoms with van der Waals surface area (Å²) in [5, 5.41) is 0. The third-order valence-electron chi connectivity index (χ3n) is 0. The van der Waals surface area contributed by atoms with Crippen LogP contribution in [0.2, 0.25) is 0 Å². The topological polar surface area (TPSA) is 0 Å². The molecule has 8 heteroatoms. The molecule has 0 unspecified atom stereocenters. The van der Waals surface area contributed by atoms with Crippen LogP contribution in [0.15, 0.2) is 0 Å². The summed E-state index contributed by atoms with van der Waals surface area (Å²) in [5.74, 6) is 0. The van der Waals surface area contributed by atoms with Gasteiger partial charge < -0.3 is 0 Å². The van der Waals surface area contributed by atoms with Crippen LogP contribution in [0.5, 0.6) is 0 Å². The molecule has 0 spiro atoms. The van der Waals surface area contributed by atoms with Crippen molar-refractivity contribution in [3.8, 4) is 0 Å². The minimum Gasteiger partial charge on any atom is 0 e. The zero-order valence-electron chi connectivity index (χ0n) is 2.41. The smallest absolute Gasteiger partial charge is 0 e. The second kappa shape index (κ2) is 52.4. The summed E-state index contributed by atoms with van der Waals surface area (Å²) in [6.45, 7) is 0. The Balaban J connectivity index is 0. The fraction of sp³-hybridized carbons (Fsp3) is 0. The molecule has 0 aliphatic heterocycles. The molecule has 0 aromatic rings. The minimum atomic E-state index is 0. The Bertz CT molecular complexity index is 0. The van der Waals surface area contributed by atoms with Crippen LogP contribution >= 0.6 is 0 Å². The third kappa shape index (κ3) is 40.6. The largest absolute Gasteiger partial charge is 0 e. The van der Waals surface area contributed by atoms with Crippen molar-refractivity contribution in [1.29, 1.82) is 0 Å². The molecular weight excluding hydrogens is 863 g/mol. The second-order valence-electron chi connectivity index (χ2n) is 0. The molecule has 0 aliphatic rings. The molecule has 0 fully saturated rings. The molecule has 0 atom stereocenters. The fourth-order valence-corrected chi connectivity index (χ4v) is 0. The number of hydrogen-bond acceptors (Lipinski definition) is 0. The van der Waals surface area contributed by atoms with E-state index in [9.17, 15) is 0 Å². The Kier molecular flexibility index (Phi) is 434. The molecule has 0 aromatic heterocycles. The van der Waals surface area contributed by atoms with Gasteiger partial charge in [-0.15, -0.1) is 0 Å². The van der Waals surface area contributed by atoms with Gasteiger partial charge >= 0.3 is 0 Å². The van der Waals surface area contributed by atoms with E-state index in [1.165, 1.54) is 0 Å². The molecule has 0 saturated carbocycles. The Morgan fingerprint density at radius 1 is 0.125 bits per heavy atom. The van der Waals surface area contributed by atoms with E-state index in [0.29, 0.717) is 0 Å². The molecule has 0 N–H and O–H groups in total. The van der Waals surface area contributed by atoms with Crippen molar-refractivity contribution in [2.45, 2.75) is 0 Å². The summed E-state index contributed by atoms with van der Waals surface area (Å²) in [4.78, 5) is 0. The van der Waals surface area contributed by atoms with Gasteiger partial charge in [0.2, 0.25) is 0 Å². The standard InChI is InChI=1S/8Ag. The van der Waals surface area contributed by atoms with E-state index in [-0.39, 0.29) is 179 Å². The molecule has 8 heavy (non-hydrogen) atoms. The molecule has 0 amide bonds. The number of hydrogen-bond donors (Lipinski definition) is 0. The van der Waals surface area contributed by atoms with Crippen molar-refractivity contribution in [3.05, 3.63) is 0 Å². The maximum atomic E-state index is 0. The zero-order chi connectivity index (χ0) is 0. The van der Waals surface area contributed by atoms with Gasteiger partial charge in [0.25, 0.3) is 0 Å². The van der Waals surface area contributed by atoms with Gasteiger partial charge in [0.1, 0.15) is 0 Å². The minimum absolute atomic E-state index is 0. The van der Waals surface area contributed by atoms with Crippen LogP contribution in [0, 0.1) is 0 Å². The van der Waals surface area contributed by atoms with Gasteiger partial charge in [-0.25, -0.2) is 0 Å². The Hall–Kier alpha value is 5.92. The first-order valence-corrected chi connectivity index (χ1v) is 0. The van der Waals surface area contributed by atoms with E-state index in [2.05, 4.69) is 0 Å². The van der Waals surface area contributed by atoms with Crippen LogP contribution in [-0.4, -0.2) is 0 Å². The Morgan fingerprint density at radius 2 is 0.125 bits per heavy atom. The zero-order valence-corrected chi connectivity index (χ0v) is 14.3. The van der Waals surface area contributed by atoms with Crippen molar-refractivity contribution in [2.75, 3.05) is 0 Å². The normalized spacial score (nSPS) is 0. The van der Waals surface area contributed by atoms with E-state index in [0.717, 1.165) is 0 Å². The maximum Gasteiger partial charge on any atom is 0 e. The molecule has 0 aromatic carbocycles. The molecule has 0 nitrogen and oxygen atoms in total. The second-order valence-corrected chi connectivity index (χ2v) is 0. The van der Waals surface area contributed by atoms with Crippen molar-refractivity contribution in [3.63, 3.8) is 0 Å². The van der Waals surface area contributed by atoms with Crippen LogP contribution < -0.4 is 0 Å². The first-order valence-electron chi connectivity index (χ1n) is 0. The summed E-state index contributed by atoms with van der Waals surface area (Å²) in [6, 6.07) is 0. The first kappa shape index (κ1) is 66.3. The van der Waals surface area contributed by atoms with E-state index < -0.39 is 0 Å². The molecule has 88 valence electrons. The van der Waals surface area contributed by atoms with Gasteiger partial charge in [-0.05, 0) is 0 Å². The summed E-state index contributed by atoms with van der Waals surface area (Å²) in [5.41, 5.74) is 0. The monoisotopic (exact) mass is 855 g/mol. The molecule has 0 heterocycles. The van der Waals surface area contributed by atoms with Crippen molar-refractivity contribution < 1.29 is 179 Å². The van der Waals surface area contributed by atoms with E-state index in [1.54, 1.807) is 0 Å². The number of rotatable bonds is 0. The van der Waals surface area contributed by atoms with Crippen molar-refractivity contribution in [1.82, 2.24) is 0 Å². The van der Waals surface area contributed by atoms with Gasteiger partial charge in [0.05, 0.1) is 0 Å². The van der Waals surface area contributed by atoms with Gasteiger partial charge in [-0.3, -0.25) is 0 Å². The van der Waals surface area contributed by atoms with Crippen molar-refractivity contribution in [2.24, 2.45) is 0 Å². The fourth-order valence-electron chi connectivity index (χ4n) is 0. The van der Waals surface area contributed by atoms with E-state index >= 15 is 0 Å². The summed E-state index contributed by atoms with van der Waals surface area (Å²) in [7, 11) is 0. The first-order chi connectivity index (χ1) is 0. The van der Waals surface area contributed by atoms with Crippen LogP contribution in [0.4, 0.5) is 0 Å². The van der Waals surface area contributed by atoms with Gasteiger partial charge in [0.15, 0.2) is 0 Å². The average molecular weight is 863 g/mol. The van der Waals surface area contributed by atoms with Crippen LogP contribution in [0.3, 0.4) is 0 Å². The van der Waals surface area contributed by atoms with Crippen molar-refractivity contribution >= 4 is 0 Å². The SMILES string of the molecule is [Ag].[Ag].[Ag].[Ag].[Ag].[Ag].[Ag].[Ag]. The quantitative estimate of drug-likeness (QED) is 0.301. The van der Waals surface area contributed by atoms with Crippen LogP contribution in [0.25, 0.3) is 0 Å². The van der Waals surface area contributed by atoms with E-state index in [1.807, 2.05) is 0 Å². The summed E-state index contributed by atoms with van der Waals surface area (Å²) < 4.78 is 0. The summed E-state index contributed by atoms with van der Waals surface area (Å²) >= 11 is 0. The summed E-state index contributed by atoms with van der Waals surface area (Å²) in [6.07, 6.45) is 0. The predicted octanol–water partition coefficient (Wildman–Crippen LogP) is -0.0200. The molecule has 8 radical (unpaired) electrons. The molecule has 0 saturated heterocycles. The van der Waals surface area contributed by atoms with Gasteiger partial charge in [-0.1, -0.05) is 0 Å². The maximum absolute atomic E-state index is 0. The van der Waals surface area contributed by atoms with Gasteiger partial charge in [-0.2, -0.15) is 0 Å². The molecule has 0 bridgehead atoms. The molecular formula is Ag8.